The lowest BCUT2D eigenvalue weighted by Gasteiger charge is -2.57. The predicted molar refractivity (Wildman–Crippen MR) is 101 cm³/mol. The minimum atomic E-state index is -0.226. The molecular formula is C24H34O2. The van der Waals surface area contributed by atoms with Gasteiger partial charge in [0.15, 0.2) is 0 Å². The summed E-state index contributed by atoms with van der Waals surface area (Å²) in [5.41, 5.74) is -0.0934. The number of ether oxygens (including phenoxy) is 1. The molecule has 6 bridgehead atoms. The van der Waals surface area contributed by atoms with Crippen LogP contribution >= 0.6 is 0 Å². The molecule has 6 aliphatic carbocycles. The van der Waals surface area contributed by atoms with Crippen LogP contribution in [0.15, 0.2) is 12.2 Å². The summed E-state index contributed by atoms with van der Waals surface area (Å²) in [4.78, 5) is 13.2. The maximum Gasteiger partial charge on any atom is 0.312 e. The van der Waals surface area contributed by atoms with E-state index in [0.717, 1.165) is 66.1 Å². The number of rotatable bonds is 3. The molecule has 0 aromatic heterocycles. The van der Waals surface area contributed by atoms with Crippen LogP contribution in [0, 0.1) is 70.0 Å². The van der Waals surface area contributed by atoms with Crippen LogP contribution in [-0.4, -0.2) is 13.1 Å². The Morgan fingerprint density at radius 1 is 0.923 bits per heavy atom. The zero-order valence-electron chi connectivity index (χ0n) is 16.8. The second-order valence-electron chi connectivity index (χ2n) is 10.9. The average molecular weight is 355 g/mol. The molecule has 0 aliphatic heterocycles. The Morgan fingerprint density at radius 3 is 2.08 bits per heavy atom. The van der Waals surface area contributed by atoms with E-state index >= 15 is 0 Å². The van der Waals surface area contributed by atoms with Crippen molar-refractivity contribution in [2.45, 2.75) is 52.9 Å². The Balaban J connectivity index is 1.47. The summed E-state index contributed by atoms with van der Waals surface area (Å²) in [5, 5.41) is 0. The van der Waals surface area contributed by atoms with Gasteiger partial charge in [-0.2, -0.15) is 0 Å². The third-order valence-corrected chi connectivity index (χ3v) is 11.3. The molecule has 142 valence electrons. The highest BCUT2D eigenvalue weighted by Gasteiger charge is 2.79. The molecule has 12 unspecified atom stereocenters. The molecule has 0 heterocycles. The van der Waals surface area contributed by atoms with Crippen molar-refractivity contribution in [2.24, 2.45) is 70.0 Å². The lowest BCUT2D eigenvalue weighted by molar-refractivity contribution is -0.180. The van der Waals surface area contributed by atoms with Gasteiger partial charge in [0, 0.05) is 0 Å². The van der Waals surface area contributed by atoms with Crippen molar-refractivity contribution in [1.82, 2.24) is 0 Å². The van der Waals surface area contributed by atoms with Crippen molar-refractivity contribution in [3.8, 4) is 0 Å². The summed E-state index contributed by atoms with van der Waals surface area (Å²) < 4.78 is 5.49. The molecule has 2 nitrogen and oxygen atoms in total. The zero-order chi connectivity index (χ0) is 18.0. The van der Waals surface area contributed by atoms with Crippen LogP contribution in [0.4, 0.5) is 0 Å². The van der Waals surface area contributed by atoms with Gasteiger partial charge in [0.2, 0.25) is 0 Å². The number of allylic oxidation sites excluding steroid dienone is 2. The van der Waals surface area contributed by atoms with Crippen molar-refractivity contribution in [3.05, 3.63) is 12.2 Å². The van der Waals surface area contributed by atoms with Crippen LogP contribution in [-0.2, 0) is 9.53 Å². The van der Waals surface area contributed by atoms with Gasteiger partial charge >= 0.3 is 5.97 Å². The van der Waals surface area contributed by atoms with Gasteiger partial charge in [0.1, 0.15) is 0 Å². The maximum absolute atomic E-state index is 13.2. The third kappa shape index (κ3) is 1.38. The fourth-order valence-electron chi connectivity index (χ4n) is 10.8. The third-order valence-electron chi connectivity index (χ3n) is 11.3. The zero-order valence-corrected chi connectivity index (χ0v) is 16.8. The lowest BCUT2D eigenvalue weighted by atomic mass is 9.46. The Labute approximate surface area is 158 Å². The number of esters is 1. The Morgan fingerprint density at radius 2 is 1.54 bits per heavy atom. The summed E-state index contributed by atoms with van der Waals surface area (Å²) in [6.07, 6.45) is 11.4. The highest BCUT2D eigenvalue weighted by molar-refractivity contribution is 5.79. The topological polar surface area (TPSA) is 26.3 Å². The Hall–Kier alpha value is -0.790. The highest BCUT2D eigenvalue weighted by Crippen LogP contribution is 2.82. The molecule has 0 spiro atoms. The second kappa shape index (κ2) is 4.78. The van der Waals surface area contributed by atoms with Crippen molar-refractivity contribution in [2.75, 3.05) is 7.11 Å². The molecule has 5 saturated carbocycles. The van der Waals surface area contributed by atoms with E-state index in [1.54, 1.807) is 7.11 Å². The number of carbonyl (C=O) groups is 1. The average Bonchev–Trinajstić information content (AvgIpc) is 3.45. The molecule has 5 fully saturated rings. The van der Waals surface area contributed by atoms with Gasteiger partial charge in [0.05, 0.1) is 12.5 Å². The summed E-state index contributed by atoms with van der Waals surface area (Å²) in [5.74, 6) is 8.75. The quantitative estimate of drug-likeness (QED) is 0.407. The molecule has 0 saturated heterocycles. The monoisotopic (exact) mass is 354 g/mol. The van der Waals surface area contributed by atoms with Gasteiger partial charge in [-0.15, -0.1) is 0 Å². The first-order valence-electron chi connectivity index (χ1n) is 11.3. The molecule has 12 atom stereocenters. The summed E-state index contributed by atoms with van der Waals surface area (Å²) in [7, 11) is 1.62. The van der Waals surface area contributed by atoms with Crippen LogP contribution in [0.25, 0.3) is 0 Å². The smallest absolute Gasteiger partial charge is 0.312 e. The molecular weight excluding hydrogens is 320 g/mol. The first-order chi connectivity index (χ1) is 12.5. The molecule has 0 radical (unpaired) electrons. The van der Waals surface area contributed by atoms with E-state index in [1.165, 1.54) is 19.3 Å². The first-order valence-corrected chi connectivity index (χ1v) is 11.3. The Bertz CT molecular complexity index is 696. The first kappa shape index (κ1) is 16.2. The van der Waals surface area contributed by atoms with E-state index in [4.69, 9.17) is 4.74 Å². The Kier molecular flexibility index (Phi) is 2.98. The molecule has 6 aliphatic rings. The molecule has 0 amide bonds. The van der Waals surface area contributed by atoms with E-state index < -0.39 is 0 Å². The molecule has 0 aromatic carbocycles. The van der Waals surface area contributed by atoms with Crippen LogP contribution < -0.4 is 0 Å². The van der Waals surface area contributed by atoms with Gasteiger partial charge in [-0.3, -0.25) is 4.79 Å². The van der Waals surface area contributed by atoms with Crippen molar-refractivity contribution < 1.29 is 9.53 Å². The molecule has 6 rings (SSSR count). The molecule has 26 heavy (non-hydrogen) atoms. The minimum absolute atomic E-state index is 0.113. The SMILES string of the molecule is CCC1(C)C2CC(C3C4CC(C5C6C=CC(C6)C45)C32)C1(CC)C(=O)OC. The van der Waals surface area contributed by atoms with E-state index in [2.05, 4.69) is 32.9 Å². The van der Waals surface area contributed by atoms with E-state index in [0.29, 0.717) is 5.92 Å². The number of carbonyl (C=O) groups excluding carboxylic acids is 1. The summed E-state index contributed by atoms with van der Waals surface area (Å²) >= 11 is 0. The number of hydrogen-bond donors (Lipinski definition) is 0. The molecule has 2 heteroatoms. The fourth-order valence-corrected chi connectivity index (χ4v) is 10.8. The van der Waals surface area contributed by atoms with Crippen LogP contribution in [0.3, 0.4) is 0 Å². The fraction of sp³-hybridized carbons (Fsp3) is 0.875. The minimum Gasteiger partial charge on any atom is -0.469 e. The standard InChI is InChI=1S/C24H34O2/c1-5-23(3)16-11-17(24(23,6-2)22(25)26-4)21-15-10-14(20(16)21)18-12-7-8-13(9-12)19(15)18/h7-8,12-21H,5-6,9-11H2,1-4H3. The number of fused-ring (bicyclic) bond motifs is 16. The van der Waals surface area contributed by atoms with Gasteiger partial charge in [0.25, 0.3) is 0 Å². The predicted octanol–water partition coefficient (Wildman–Crippen LogP) is 4.94. The van der Waals surface area contributed by atoms with Gasteiger partial charge in [-0.1, -0.05) is 32.9 Å². The number of hydrogen-bond acceptors (Lipinski definition) is 2. The largest absolute Gasteiger partial charge is 0.469 e. The van der Waals surface area contributed by atoms with E-state index in [1.807, 2.05) is 0 Å². The lowest BCUT2D eigenvalue weighted by Crippen LogP contribution is -2.57. The van der Waals surface area contributed by atoms with Gasteiger partial charge in [-0.25, -0.2) is 0 Å². The van der Waals surface area contributed by atoms with E-state index in [-0.39, 0.29) is 16.8 Å². The normalized spacial score (nSPS) is 62.8. The van der Waals surface area contributed by atoms with Gasteiger partial charge < -0.3 is 4.74 Å². The number of methoxy groups -OCH3 is 1. The van der Waals surface area contributed by atoms with Crippen LogP contribution in [0.2, 0.25) is 0 Å². The molecule has 0 N–H and O–H groups in total. The van der Waals surface area contributed by atoms with Gasteiger partial charge in [-0.05, 0) is 96.7 Å². The second-order valence-corrected chi connectivity index (χ2v) is 10.9. The highest BCUT2D eigenvalue weighted by atomic mass is 16.5. The summed E-state index contributed by atoms with van der Waals surface area (Å²) in [6.45, 7) is 7.05. The molecule has 0 aromatic rings. The van der Waals surface area contributed by atoms with Crippen LogP contribution in [0.5, 0.6) is 0 Å². The van der Waals surface area contributed by atoms with Crippen molar-refractivity contribution >= 4 is 5.97 Å². The van der Waals surface area contributed by atoms with Crippen molar-refractivity contribution in [1.29, 1.82) is 0 Å². The van der Waals surface area contributed by atoms with E-state index in [9.17, 15) is 4.79 Å². The van der Waals surface area contributed by atoms with Crippen LogP contribution in [0.1, 0.15) is 52.9 Å². The van der Waals surface area contributed by atoms with Crippen molar-refractivity contribution in [3.63, 3.8) is 0 Å². The summed E-state index contributed by atoms with van der Waals surface area (Å²) in [6, 6.07) is 0. The maximum atomic E-state index is 13.2.